The summed E-state index contributed by atoms with van der Waals surface area (Å²) in [7, 11) is 0. The zero-order valence-corrected chi connectivity index (χ0v) is 18.6. The van der Waals surface area contributed by atoms with E-state index in [0.29, 0.717) is 19.4 Å². The molecule has 2 rings (SSSR count). The number of benzene rings is 2. The number of halogens is 1. The van der Waals surface area contributed by atoms with E-state index in [4.69, 9.17) is 4.74 Å². The first-order valence-corrected chi connectivity index (χ1v) is 10.4. The number of hydrogen-bond donors (Lipinski definition) is 1. The van der Waals surface area contributed by atoms with Crippen molar-refractivity contribution in [1.82, 2.24) is 4.90 Å². The van der Waals surface area contributed by atoms with Gasteiger partial charge in [-0.15, -0.1) is 0 Å². The second-order valence-electron chi connectivity index (χ2n) is 7.97. The van der Waals surface area contributed by atoms with Crippen LogP contribution in [0.1, 0.15) is 63.8 Å². The summed E-state index contributed by atoms with van der Waals surface area (Å²) in [5.74, 6) is 0. The first-order valence-electron chi connectivity index (χ1n) is 9.65. The smallest absolute Gasteiger partial charge is 0.410 e. The van der Waals surface area contributed by atoms with E-state index in [9.17, 15) is 9.90 Å². The fourth-order valence-corrected chi connectivity index (χ4v) is 3.25. The average Bonchev–Trinajstić information content (AvgIpc) is 2.64. The normalized spacial score (nSPS) is 13.6. The Bertz CT molecular complexity index is 741. The third kappa shape index (κ3) is 6.95. The quantitative estimate of drug-likeness (QED) is 0.544. The molecule has 0 aliphatic rings. The zero-order valence-electron chi connectivity index (χ0n) is 17.1. The molecule has 0 radical (unpaired) electrons. The highest BCUT2D eigenvalue weighted by Gasteiger charge is 2.27. The van der Waals surface area contributed by atoms with Crippen molar-refractivity contribution in [3.63, 3.8) is 0 Å². The molecule has 0 aromatic heterocycles. The Morgan fingerprint density at radius 2 is 1.68 bits per heavy atom. The number of aliphatic hydroxyl groups is 1. The van der Waals surface area contributed by atoms with Crippen molar-refractivity contribution in [2.75, 3.05) is 6.54 Å². The van der Waals surface area contributed by atoms with Gasteiger partial charge in [0.2, 0.25) is 0 Å². The number of aliphatic hydroxyl groups excluding tert-OH is 1. The molecular formula is C23H30BrNO3. The zero-order chi connectivity index (χ0) is 20.7. The van der Waals surface area contributed by atoms with Crippen LogP contribution in [-0.4, -0.2) is 28.2 Å². The average molecular weight is 448 g/mol. The minimum Gasteiger partial charge on any atom is -0.444 e. The second-order valence-corrected chi connectivity index (χ2v) is 8.89. The highest BCUT2D eigenvalue weighted by atomic mass is 79.9. The number of carbonyl (C=O) groups is 1. The predicted molar refractivity (Wildman–Crippen MR) is 116 cm³/mol. The van der Waals surface area contributed by atoms with E-state index in [0.717, 1.165) is 15.6 Å². The van der Waals surface area contributed by atoms with Crippen LogP contribution in [0.15, 0.2) is 59.1 Å². The van der Waals surface area contributed by atoms with Crippen LogP contribution in [0.5, 0.6) is 0 Å². The van der Waals surface area contributed by atoms with Gasteiger partial charge in [-0.25, -0.2) is 4.79 Å². The molecule has 152 valence electrons. The van der Waals surface area contributed by atoms with Crippen LogP contribution in [0, 0.1) is 0 Å². The number of nitrogens with zero attached hydrogens (tertiary/aromatic N) is 1. The molecule has 0 saturated heterocycles. The molecule has 0 aliphatic carbocycles. The van der Waals surface area contributed by atoms with E-state index in [1.165, 1.54) is 0 Å². The maximum absolute atomic E-state index is 12.8. The summed E-state index contributed by atoms with van der Waals surface area (Å²) in [6, 6.07) is 17.4. The molecule has 2 aromatic carbocycles. The van der Waals surface area contributed by atoms with Gasteiger partial charge in [-0.1, -0.05) is 58.4 Å². The summed E-state index contributed by atoms with van der Waals surface area (Å²) in [5.41, 5.74) is 1.38. The van der Waals surface area contributed by atoms with Gasteiger partial charge < -0.3 is 14.7 Å². The number of rotatable bonds is 7. The second kappa shape index (κ2) is 10.1. The molecule has 1 N–H and O–H groups in total. The van der Waals surface area contributed by atoms with Gasteiger partial charge in [0.05, 0.1) is 12.1 Å². The molecule has 0 spiro atoms. The fraction of sp³-hybridized carbons (Fsp3) is 0.435. The van der Waals surface area contributed by atoms with Crippen molar-refractivity contribution in [3.05, 3.63) is 70.2 Å². The van der Waals surface area contributed by atoms with Crippen molar-refractivity contribution >= 4 is 22.0 Å². The number of hydrogen-bond acceptors (Lipinski definition) is 3. The molecular weight excluding hydrogens is 418 g/mol. The Morgan fingerprint density at radius 3 is 2.25 bits per heavy atom. The van der Waals surface area contributed by atoms with E-state index in [2.05, 4.69) is 15.9 Å². The maximum atomic E-state index is 12.8. The van der Waals surface area contributed by atoms with Crippen molar-refractivity contribution in [2.24, 2.45) is 0 Å². The lowest BCUT2D eigenvalue weighted by Gasteiger charge is -2.32. The molecule has 4 nitrogen and oxygen atoms in total. The van der Waals surface area contributed by atoms with Crippen LogP contribution in [0.25, 0.3) is 0 Å². The summed E-state index contributed by atoms with van der Waals surface area (Å²) >= 11 is 3.45. The molecule has 0 aliphatic heterocycles. The van der Waals surface area contributed by atoms with Crippen LogP contribution in [0.3, 0.4) is 0 Å². The Kier molecular flexibility index (Phi) is 8.08. The SMILES string of the molecule is CC(c1ccc(Br)cc1)N(CCCC(O)c1ccccc1)C(=O)OC(C)(C)C. The molecule has 0 fully saturated rings. The van der Waals surface area contributed by atoms with E-state index >= 15 is 0 Å². The van der Waals surface area contributed by atoms with E-state index in [1.54, 1.807) is 4.90 Å². The Hall–Kier alpha value is -1.85. The lowest BCUT2D eigenvalue weighted by molar-refractivity contribution is 0.0160. The molecule has 0 heterocycles. The lowest BCUT2D eigenvalue weighted by Crippen LogP contribution is -2.39. The van der Waals surface area contributed by atoms with E-state index in [-0.39, 0.29) is 12.1 Å². The van der Waals surface area contributed by atoms with Crippen molar-refractivity contribution < 1.29 is 14.6 Å². The largest absolute Gasteiger partial charge is 0.444 e. The minimum atomic E-state index is -0.557. The lowest BCUT2D eigenvalue weighted by atomic mass is 10.0. The summed E-state index contributed by atoms with van der Waals surface area (Å²) in [6.07, 6.45) is 0.383. The van der Waals surface area contributed by atoms with Crippen LogP contribution in [0.2, 0.25) is 0 Å². The van der Waals surface area contributed by atoms with Gasteiger partial charge in [-0.2, -0.15) is 0 Å². The minimum absolute atomic E-state index is 0.128. The molecule has 2 aromatic rings. The van der Waals surface area contributed by atoms with Gasteiger partial charge in [0, 0.05) is 11.0 Å². The Balaban J connectivity index is 2.07. The molecule has 2 unspecified atom stereocenters. The van der Waals surface area contributed by atoms with Crippen molar-refractivity contribution in [1.29, 1.82) is 0 Å². The summed E-state index contributed by atoms with van der Waals surface area (Å²) < 4.78 is 6.62. The van der Waals surface area contributed by atoms with Gasteiger partial charge in [-0.3, -0.25) is 0 Å². The van der Waals surface area contributed by atoms with Gasteiger partial charge in [0.25, 0.3) is 0 Å². The third-order valence-corrected chi connectivity index (χ3v) is 5.04. The predicted octanol–water partition coefficient (Wildman–Crippen LogP) is 6.26. The van der Waals surface area contributed by atoms with Crippen LogP contribution in [-0.2, 0) is 4.74 Å². The van der Waals surface area contributed by atoms with Crippen LogP contribution < -0.4 is 0 Å². The number of ether oxygens (including phenoxy) is 1. The highest BCUT2D eigenvalue weighted by Crippen LogP contribution is 2.26. The monoisotopic (exact) mass is 447 g/mol. The van der Waals surface area contributed by atoms with Crippen molar-refractivity contribution in [3.8, 4) is 0 Å². The fourth-order valence-electron chi connectivity index (χ4n) is 2.98. The molecule has 0 bridgehead atoms. The summed E-state index contributed by atoms with van der Waals surface area (Å²) in [4.78, 5) is 14.6. The standard InChI is InChI=1S/C23H30BrNO3/c1-17(18-12-14-20(24)15-13-18)25(22(27)28-23(2,3)4)16-8-11-21(26)19-9-6-5-7-10-19/h5-7,9-10,12-15,17,21,26H,8,11,16H2,1-4H3. The molecule has 1 amide bonds. The van der Waals surface area contributed by atoms with Crippen LogP contribution in [0.4, 0.5) is 4.79 Å². The van der Waals surface area contributed by atoms with Gasteiger partial charge >= 0.3 is 6.09 Å². The van der Waals surface area contributed by atoms with Crippen LogP contribution >= 0.6 is 15.9 Å². The van der Waals surface area contributed by atoms with Gasteiger partial charge in [0.1, 0.15) is 5.60 Å². The molecule has 2 atom stereocenters. The Labute approximate surface area is 176 Å². The Morgan fingerprint density at radius 1 is 1.07 bits per heavy atom. The summed E-state index contributed by atoms with van der Waals surface area (Å²) in [6.45, 7) is 8.11. The van der Waals surface area contributed by atoms with E-state index in [1.807, 2.05) is 82.3 Å². The van der Waals surface area contributed by atoms with Gasteiger partial charge in [-0.05, 0) is 63.8 Å². The maximum Gasteiger partial charge on any atom is 0.410 e. The van der Waals surface area contributed by atoms with Gasteiger partial charge in [0.15, 0.2) is 0 Å². The first-order chi connectivity index (χ1) is 13.2. The number of carbonyl (C=O) groups excluding carboxylic acids is 1. The third-order valence-electron chi connectivity index (χ3n) is 4.51. The molecule has 0 saturated carbocycles. The molecule has 5 heteroatoms. The van der Waals surface area contributed by atoms with E-state index < -0.39 is 11.7 Å². The van der Waals surface area contributed by atoms with Crippen molar-refractivity contribution in [2.45, 2.75) is 58.3 Å². The highest BCUT2D eigenvalue weighted by molar-refractivity contribution is 9.10. The first kappa shape index (κ1) is 22.4. The number of amides is 1. The topological polar surface area (TPSA) is 49.8 Å². The summed E-state index contributed by atoms with van der Waals surface area (Å²) in [5, 5.41) is 10.4. The molecule has 28 heavy (non-hydrogen) atoms.